The molecule has 0 saturated heterocycles. The van der Waals surface area contributed by atoms with E-state index in [0.717, 1.165) is 15.9 Å². The van der Waals surface area contributed by atoms with E-state index in [1.165, 1.54) is 0 Å². The largest absolute Gasteiger partial charge is 0.324 e. The molecule has 0 unspecified atom stereocenters. The van der Waals surface area contributed by atoms with Gasteiger partial charge in [0.15, 0.2) is 7.26 Å². The Labute approximate surface area is 152 Å². The zero-order valence-corrected chi connectivity index (χ0v) is 15.2. The Morgan fingerprint density at radius 3 is 1.17 bits per heavy atom. The lowest BCUT2D eigenvalue weighted by Gasteiger charge is -2.32. The third kappa shape index (κ3) is 2.72. The van der Waals surface area contributed by atoms with Crippen molar-refractivity contribution < 1.29 is 0 Å². The highest BCUT2D eigenvalue weighted by Crippen LogP contribution is 2.69. The molecule has 0 aliphatic heterocycles. The first-order chi connectivity index (χ1) is 11.6. The van der Waals surface area contributed by atoms with Gasteiger partial charge in [-0.2, -0.15) is 5.26 Å². The van der Waals surface area contributed by atoms with Gasteiger partial charge in [0.05, 0.1) is 0 Å². The predicted molar refractivity (Wildman–Crippen MR) is 105 cm³/mol. The highest BCUT2D eigenvalue weighted by atomic mass is 35.5. The zero-order chi connectivity index (χ0) is 17.0. The van der Waals surface area contributed by atoms with Crippen LogP contribution < -0.4 is 15.9 Å². The highest BCUT2D eigenvalue weighted by molar-refractivity contribution is 7.99. The van der Waals surface area contributed by atoms with Gasteiger partial charge in [-0.3, -0.25) is 0 Å². The van der Waals surface area contributed by atoms with E-state index in [-0.39, 0.29) is 0 Å². The lowest BCUT2D eigenvalue weighted by Crippen LogP contribution is -2.40. The molecule has 0 spiro atoms. The summed E-state index contributed by atoms with van der Waals surface area (Å²) in [6.07, 6.45) is 0. The molecule has 4 heteroatoms. The van der Waals surface area contributed by atoms with Gasteiger partial charge >= 0.3 is 4.07 Å². The Morgan fingerprint density at radius 2 is 0.917 bits per heavy atom. The van der Waals surface area contributed by atoms with Crippen molar-refractivity contribution in [2.75, 3.05) is 0 Å². The molecule has 0 aliphatic rings. The van der Waals surface area contributed by atoms with Crippen LogP contribution in [-0.4, -0.2) is 4.07 Å². The van der Waals surface area contributed by atoms with Gasteiger partial charge in [-0.05, 0) is 59.6 Å². The number of hydrogen-bond acceptors (Lipinski definition) is 1. The maximum absolute atomic E-state index is 9.83. The van der Waals surface area contributed by atoms with E-state index in [9.17, 15) is 5.26 Å². The normalized spacial score (nSPS) is 11.7. The summed E-state index contributed by atoms with van der Waals surface area (Å²) in [7, 11) is -2.59. The molecule has 0 atom stereocenters. The van der Waals surface area contributed by atoms with Gasteiger partial charge in [0.25, 0.3) is 0 Å². The molecule has 0 heterocycles. The van der Waals surface area contributed by atoms with Gasteiger partial charge < -0.3 is 0 Å². The number of halogens is 2. The summed E-state index contributed by atoms with van der Waals surface area (Å²) in [4.78, 5) is 0. The predicted octanol–water partition coefficient (Wildman–Crippen LogP) is 4.64. The van der Waals surface area contributed by atoms with Crippen molar-refractivity contribution in [2.45, 2.75) is 4.07 Å². The van der Waals surface area contributed by atoms with Gasteiger partial charge in [0.1, 0.15) is 22.0 Å². The molecule has 1 nitrogen and oxygen atoms in total. The topological polar surface area (TPSA) is 23.8 Å². The second kappa shape index (κ2) is 6.96. The average Bonchev–Trinajstić information content (AvgIpc) is 2.65. The summed E-state index contributed by atoms with van der Waals surface area (Å²) in [5, 5.41) is 12.8. The van der Waals surface area contributed by atoms with Crippen molar-refractivity contribution in [1.82, 2.24) is 0 Å². The van der Waals surface area contributed by atoms with Crippen LogP contribution in [0.1, 0.15) is 0 Å². The Morgan fingerprint density at radius 1 is 0.625 bits per heavy atom. The Bertz CT molecular complexity index is 746. The zero-order valence-electron chi connectivity index (χ0n) is 12.8. The molecule has 0 amide bonds. The average molecular weight is 371 g/mol. The molecule has 0 aliphatic carbocycles. The molecular formula is C20H15Cl2NP+. The molecule has 0 saturated carbocycles. The van der Waals surface area contributed by atoms with E-state index in [2.05, 4.69) is 6.07 Å². The fraction of sp³-hybridized carbons (Fsp3) is 0.0500. The van der Waals surface area contributed by atoms with Crippen molar-refractivity contribution in [3.8, 4) is 6.07 Å². The fourth-order valence-corrected chi connectivity index (χ4v) is 8.60. The van der Waals surface area contributed by atoms with Crippen LogP contribution in [0.15, 0.2) is 91.0 Å². The first-order valence-corrected chi connectivity index (χ1v) is 10.0. The quantitative estimate of drug-likeness (QED) is 0.484. The van der Waals surface area contributed by atoms with E-state index in [1.54, 1.807) is 0 Å². The Kier molecular flexibility index (Phi) is 4.93. The monoisotopic (exact) mass is 370 g/mol. The number of hydrogen-bond donors (Lipinski definition) is 0. The number of nitrogens with zero attached hydrogens (tertiary/aromatic N) is 1. The summed E-state index contributed by atoms with van der Waals surface area (Å²) in [5.74, 6) is 0. The van der Waals surface area contributed by atoms with Crippen LogP contribution in [0.4, 0.5) is 0 Å². The first kappa shape index (κ1) is 17.0. The summed E-state index contributed by atoms with van der Waals surface area (Å²) in [6, 6.07) is 31.8. The molecule has 24 heavy (non-hydrogen) atoms. The second-order valence-electron chi connectivity index (χ2n) is 5.33. The van der Waals surface area contributed by atoms with E-state index >= 15 is 0 Å². The summed E-state index contributed by atoms with van der Waals surface area (Å²) in [6.45, 7) is 0. The maximum Gasteiger partial charge on any atom is 0.324 e. The van der Waals surface area contributed by atoms with E-state index in [0.29, 0.717) is 0 Å². The van der Waals surface area contributed by atoms with Crippen molar-refractivity contribution >= 4 is 46.4 Å². The van der Waals surface area contributed by atoms with E-state index in [4.69, 9.17) is 23.2 Å². The third-order valence-electron chi connectivity index (χ3n) is 3.99. The first-order valence-electron chi connectivity index (χ1n) is 7.48. The van der Waals surface area contributed by atoms with Crippen LogP contribution in [0.5, 0.6) is 0 Å². The molecule has 3 rings (SSSR count). The van der Waals surface area contributed by atoms with Crippen LogP contribution >= 0.6 is 30.5 Å². The molecule has 3 aromatic carbocycles. The third-order valence-corrected chi connectivity index (χ3v) is 9.84. The maximum atomic E-state index is 9.83. The van der Waals surface area contributed by atoms with Gasteiger partial charge in [0, 0.05) is 0 Å². The van der Waals surface area contributed by atoms with Gasteiger partial charge in [-0.1, -0.05) is 54.6 Å². The molecule has 0 aromatic heterocycles. The number of benzene rings is 3. The van der Waals surface area contributed by atoms with Crippen LogP contribution in [0.2, 0.25) is 0 Å². The smallest absolute Gasteiger partial charge is 0.191 e. The molecule has 118 valence electrons. The van der Waals surface area contributed by atoms with E-state index in [1.807, 2.05) is 91.0 Å². The highest BCUT2D eigenvalue weighted by Gasteiger charge is 2.62. The van der Waals surface area contributed by atoms with E-state index < -0.39 is 11.3 Å². The standard InChI is InChI=1S/C20H15Cl2NP/c21-20(22,16-23)24(17-10-4-1-5-11-17,18-12-6-2-7-13-18)19-14-8-3-9-15-19/h1-15H/q+1. The number of alkyl halides is 2. The van der Waals surface area contributed by atoms with Crippen LogP contribution in [0.3, 0.4) is 0 Å². The molecule has 0 bridgehead atoms. The van der Waals surface area contributed by atoms with Gasteiger partial charge in [-0.25, -0.2) is 0 Å². The minimum Gasteiger partial charge on any atom is -0.191 e. The molecular weight excluding hydrogens is 356 g/mol. The summed E-state index contributed by atoms with van der Waals surface area (Å²) >= 11 is 13.4. The number of rotatable bonds is 4. The lowest BCUT2D eigenvalue weighted by atomic mass is 10.4. The van der Waals surface area contributed by atoms with Gasteiger partial charge in [-0.15, -0.1) is 0 Å². The minimum absolute atomic E-state index is 0.981. The summed E-state index contributed by atoms with van der Waals surface area (Å²) < 4.78 is -1.57. The van der Waals surface area contributed by atoms with Crippen molar-refractivity contribution in [3.63, 3.8) is 0 Å². The van der Waals surface area contributed by atoms with Crippen LogP contribution in [0, 0.1) is 11.3 Å². The fourth-order valence-electron chi connectivity index (χ4n) is 2.96. The molecule has 3 aromatic rings. The minimum atomic E-state index is -2.59. The second-order valence-corrected chi connectivity index (χ2v) is 10.7. The van der Waals surface area contributed by atoms with Crippen molar-refractivity contribution in [1.29, 1.82) is 5.26 Å². The van der Waals surface area contributed by atoms with Gasteiger partial charge in [0.2, 0.25) is 0 Å². The molecule has 0 radical (unpaired) electrons. The summed E-state index contributed by atoms with van der Waals surface area (Å²) in [5.41, 5.74) is 0. The SMILES string of the molecule is N#CC(Cl)(Cl)[P+](c1ccccc1)(c1ccccc1)c1ccccc1. The van der Waals surface area contributed by atoms with Crippen molar-refractivity contribution in [2.24, 2.45) is 0 Å². The Hall–Kier alpha value is -1.84. The van der Waals surface area contributed by atoms with Crippen molar-refractivity contribution in [3.05, 3.63) is 91.0 Å². The number of nitriles is 1. The lowest BCUT2D eigenvalue weighted by molar-refractivity contribution is 1.38. The molecule has 0 N–H and O–H groups in total. The van der Waals surface area contributed by atoms with Crippen LogP contribution in [-0.2, 0) is 0 Å². The Balaban J connectivity index is 2.45. The van der Waals surface area contributed by atoms with Crippen LogP contribution in [0.25, 0.3) is 0 Å². The molecule has 0 fully saturated rings.